The largest absolute Gasteiger partial charge is 0.496 e. The zero-order chi connectivity index (χ0) is 21.8. The fourth-order valence-corrected chi connectivity index (χ4v) is 3.22. The minimum atomic E-state index is 0.606. The van der Waals surface area contributed by atoms with E-state index in [0.717, 1.165) is 42.2 Å². The molecule has 0 unspecified atom stereocenters. The molecule has 0 heterocycles. The third-order valence-corrected chi connectivity index (χ3v) is 4.66. The Morgan fingerprint density at radius 2 is 1.50 bits per heavy atom. The highest BCUT2D eigenvalue weighted by molar-refractivity contribution is 5.79. The molecule has 0 saturated heterocycles. The summed E-state index contributed by atoms with van der Waals surface area (Å²) in [5.41, 5.74) is 2.18. The van der Waals surface area contributed by atoms with Gasteiger partial charge in [0.2, 0.25) is 5.75 Å². The summed E-state index contributed by atoms with van der Waals surface area (Å²) in [7, 11) is 6.55. The van der Waals surface area contributed by atoms with Crippen molar-refractivity contribution < 1.29 is 18.9 Å². The quantitative estimate of drug-likeness (QED) is 0.434. The lowest BCUT2D eigenvalue weighted by atomic mass is 10.1. The van der Waals surface area contributed by atoms with Gasteiger partial charge in [-0.3, -0.25) is 4.99 Å². The maximum atomic E-state index is 5.56. The van der Waals surface area contributed by atoms with Crippen LogP contribution in [0.2, 0.25) is 0 Å². The summed E-state index contributed by atoms with van der Waals surface area (Å²) < 4.78 is 21.8. The summed E-state index contributed by atoms with van der Waals surface area (Å²) in [5, 5.41) is 6.67. The second-order valence-electron chi connectivity index (χ2n) is 6.49. The standard InChI is InChI=1S/C23H33N3O4/c1-6-24-23(25-15-13-17-9-7-8-10-19(17)27-2)26-16-14-18-11-12-20(28-3)22(30-5)21(18)29-4/h7-12H,6,13-16H2,1-5H3,(H2,24,25,26). The van der Waals surface area contributed by atoms with Gasteiger partial charge in [0.1, 0.15) is 5.75 Å². The van der Waals surface area contributed by atoms with E-state index in [0.29, 0.717) is 30.3 Å². The normalized spacial score (nSPS) is 11.0. The highest BCUT2D eigenvalue weighted by Crippen LogP contribution is 2.39. The van der Waals surface area contributed by atoms with E-state index in [-0.39, 0.29) is 0 Å². The Labute approximate surface area is 179 Å². The first-order chi connectivity index (χ1) is 14.7. The zero-order valence-corrected chi connectivity index (χ0v) is 18.6. The minimum Gasteiger partial charge on any atom is -0.496 e. The Morgan fingerprint density at radius 1 is 0.767 bits per heavy atom. The molecule has 0 amide bonds. The SMILES string of the molecule is CCNC(=NCCc1ccccc1OC)NCCc1ccc(OC)c(OC)c1OC. The number of ether oxygens (including phenoxy) is 4. The molecular formula is C23H33N3O4. The van der Waals surface area contributed by atoms with Crippen molar-refractivity contribution in [1.82, 2.24) is 10.6 Å². The smallest absolute Gasteiger partial charge is 0.203 e. The van der Waals surface area contributed by atoms with Gasteiger partial charge in [0.05, 0.1) is 28.4 Å². The van der Waals surface area contributed by atoms with Gasteiger partial charge in [-0.25, -0.2) is 0 Å². The van der Waals surface area contributed by atoms with E-state index in [1.807, 2.05) is 30.3 Å². The van der Waals surface area contributed by atoms with Crippen molar-refractivity contribution in [2.75, 3.05) is 48.1 Å². The molecule has 0 aliphatic carbocycles. The van der Waals surface area contributed by atoms with E-state index >= 15 is 0 Å². The van der Waals surface area contributed by atoms with Gasteiger partial charge < -0.3 is 29.6 Å². The summed E-state index contributed by atoms with van der Waals surface area (Å²) in [4.78, 5) is 4.68. The van der Waals surface area contributed by atoms with Gasteiger partial charge in [0, 0.05) is 25.2 Å². The average molecular weight is 416 g/mol. The molecule has 30 heavy (non-hydrogen) atoms. The number of benzene rings is 2. The van der Waals surface area contributed by atoms with Gasteiger partial charge in [-0.1, -0.05) is 24.3 Å². The van der Waals surface area contributed by atoms with E-state index in [2.05, 4.69) is 28.6 Å². The first-order valence-corrected chi connectivity index (χ1v) is 10.1. The van der Waals surface area contributed by atoms with Crippen LogP contribution < -0.4 is 29.6 Å². The fraction of sp³-hybridized carbons (Fsp3) is 0.435. The van der Waals surface area contributed by atoms with E-state index in [4.69, 9.17) is 18.9 Å². The number of hydrogen-bond acceptors (Lipinski definition) is 5. The zero-order valence-electron chi connectivity index (χ0n) is 18.6. The molecule has 0 aliphatic rings. The van der Waals surface area contributed by atoms with E-state index in [1.165, 1.54) is 0 Å². The van der Waals surface area contributed by atoms with Gasteiger partial charge in [0.15, 0.2) is 17.5 Å². The van der Waals surface area contributed by atoms with Gasteiger partial charge in [-0.15, -0.1) is 0 Å². The maximum Gasteiger partial charge on any atom is 0.203 e. The molecule has 7 heteroatoms. The molecule has 7 nitrogen and oxygen atoms in total. The Hall–Kier alpha value is -3.09. The molecule has 0 aromatic heterocycles. The van der Waals surface area contributed by atoms with Crippen LogP contribution in [0.15, 0.2) is 41.4 Å². The molecule has 0 bridgehead atoms. The molecule has 0 radical (unpaired) electrons. The van der Waals surface area contributed by atoms with Gasteiger partial charge in [-0.05, 0) is 37.5 Å². The first-order valence-electron chi connectivity index (χ1n) is 10.1. The predicted molar refractivity (Wildman–Crippen MR) is 120 cm³/mol. The number of nitrogens with zero attached hydrogens (tertiary/aromatic N) is 1. The summed E-state index contributed by atoms with van der Waals surface area (Å²) in [6.07, 6.45) is 1.56. The van der Waals surface area contributed by atoms with Crippen molar-refractivity contribution in [1.29, 1.82) is 0 Å². The number of para-hydroxylation sites is 1. The van der Waals surface area contributed by atoms with Crippen LogP contribution in [-0.2, 0) is 12.8 Å². The molecule has 0 spiro atoms. The van der Waals surface area contributed by atoms with Crippen LogP contribution in [0.5, 0.6) is 23.0 Å². The van der Waals surface area contributed by atoms with Crippen LogP contribution in [0.3, 0.4) is 0 Å². The first kappa shape index (κ1) is 23.2. The Morgan fingerprint density at radius 3 is 2.17 bits per heavy atom. The van der Waals surface area contributed by atoms with Crippen LogP contribution in [0.4, 0.5) is 0 Å². The second-order valence-corrected chi connectivity index (χ2v) is 6.49. The van der Waals surface area contributed by atoms with Crippen molar-refractivity contribution in [3.63, 3.8) is 0 Å². The molecule has 164 valence electrons. The summed E-state index contributed by atoms with van der Waals surface area (Å²) in [6.45, 7) is 4.21. The molecule has 0 atom stereocenters. The van der Waals surface area contributed by atoms with Crippen molar-refractivity contribution in [2.24, 2.45) is 4.99 Å². The summed E-state index contributed by atoms with van der Waals surface area (Å²) in [5.74, 6) is 3.63. The van der Waals surface area contributed by atoms with Crippen molar-refractivity contribution >= 4 is 5.96 Å². The number of nitrogens with one attached hydrogen (secondary N) is 2. The molecule has 0 aliphatic heterocycles. The van der Waals surface area contributed by atoms with E-state index < -0.39 is 0 Å². The molecule has 2 aromatic carbocycles. The summed E-state index contributed by atoms with van der Waals surface area (Å²) >= 11 is 0. The highest BCUT2D eigenvalue weighted by atomic mass is 16.5. The van der Waals surface area contributed by atoms with Crippen LogP contribution >= 0.6 is 0 Å². The third-order valence-electron chi connectivity index (χ3n) is 4.66. The average Bonchev–Trinajstić information content (AvgIpc) is 2.78. The molecule has 0 saturated carbocycles. The van der Waals surface area contributed by atoms with Crippen molar-refractivity contribution in [2.45, 2.75) is 19.8 Å². The molecule has 2 aromatic rings. The van der Waals surface area contributed by atoms with E-state index in [1.54, 1.807) is 28.4 Å². The van der Waals surface area contributed by atoms with E-state index in [9.17, 15) is 0 Å². The molecule has 2 rings (SSSR count). The molecule has 0 fully saturated rings. The van der Waals surface area contributed by atoms with Crippen LogP contribution in [0, 0.1) is 0 Å². The van der Waals surface area contributed by atoms with Crippen LogP contribution in [0.1, 0.15) is 18.1 Å². The lowest BCUT2D eigenvalue weighted by Crippen LogP contribution is -2.38. The number of aliphatic imine (C=N–C) groups is 1. The van der Waals surface area contributed by atoms with Gasteiger partial charge >= 0.3 is 0 Å². The van der Waals surface area contributed by atoms with Gasteiger partial charge in [-0.2, -0.15) is 0 Å². The fourth-order valence-electron chi connectivity index (χ4n) is 3.22. The topological polar surface area (TPSA) is 73.3 Å². The number of guanidine groups is 1. The number of rotatable bonds is 11. The number of methoxy groups -OCH3 is 4. The summed E-state index contributed by atoms with van der Waals surface area (Å²) in [6, 6.07) is 11.9. The molecular weight excluding hydrogens is 382 g/mol. The lowest BCUT2D eigenvalue weighted by Gasteiger charge is -2.16. The Kier molecular flexibility index (Phi) is 9.64. The minimum absolute atomic E-state index is 0.606. The lowest BCUT2D eigenvalue weighted by molar-refractivity contribution is 0.322. The van der Waals surface area contributed by atoms with Crippen molar-refractivity contribution in [3.05, 3.63) is 47.5 Å². The van der Waals surface area contributed by atoms with Crippen molar-refractivity contribution in [3.8, 4) is 23.0 Å². The monoisotopic (exact) mass is 415 g/mol. The van der Waals surface area contributed by atoms with Crippen LogP contribution in [-0.4, -0.2) is 54.0 Å². The Bertz CT molecular complexity index is 824. The third kappa shape index (κ3) is 6.20. The predicted octanol–water partition coefficient (Wildman–Crippen LogP) is 3.06. The maximum absolute atomic E-state index is 5.56. The highest BCUT2D eigenvalue weighted by Gasteiger charge is 2.15. The number of hydrogen-bond donors (Lipinski definition) is 2. The Balaban J connectivity index is 1.98. The molecule has 2 N–H and O–H groups in total. The van der Waals surface area contributed by atoms with Gasteiger partial charge in [0.25, 0.3) is 0 Å². The second kappa shape index (κ2) is 12.5. The van der Waals surface area contributed by atoms with Crippen LogP contribution in [0.25, 0.3) is 0 Å².